The minimum absolute atomic E-state index is 0.208. The van der Waals surface area contributed by atoms with E-state index in [1.54, 1.807) is 25.1 Å². The number of nitrogens with one attached hydrogen (secondary N) is 2. The molecule has 142 valence electrons. The lowest BCUT2D eigenvalue weighted by Gasteiger charge is -2.23. The molecule has 1 atom stereocenters. The molecule has 2 N–H and O–H groups in total. The molecule has 4 rings (SSSR count). The Labute approximate surface area is 166 Å². The molecule has 6 nitrogen and oxygen atoms in total. The van der Waals surface area contributed by atoms with Gasteiger partial charge in [0, 0.05) is 12.1 Å². The second kappa shape index (κ2) is 7.44. The second-order valence-corrected chi connectivity index (χ2v) is 7.68. The van der Waals surface area contributed by atoms with Gasteiger partial charge in [-0.15, -0.1) is 11.3 Å². The van der Waals surface area contributed by atoms with E-state index in [-0.39, 0.29) is 11.8 Å². The lowest BCUT2D eigenvalue weighted by molar-refractivity contribution is -0.122. The average molecular weight is 393 g/mol. The van der Waals surface area contributed by atoms with E-state index in [4.69, 9.17) is 4.74 Å². The molecule has 2 aromatic carbocycles. The maximum absolute atomic E-state index is 12.7. The first-order valence-corrected chi connectivity index (χ1v) is 9.74. The molecule has 0 spiro atoms. The minimum atomic E-state index is -0.532. The maximum Gasteiger partial charge on any atom is 0.267 e. The first-order chi connectivity index (χ1) is 13.5. The maximum atomic E-state index is 12.7. The third kappa shape index (κ3) is 3.75. The number of thiazole rings is 1. The molecule has 2 heterocycles. The molecule has 0 saturated carbocycles. The zero-order valence-electron chi connectivity index (χ0n) is 15.5. The van der Waals surface area contributed by atoms with E-state index in [1.807, 2.05) is 37.3 Å². The van der Waals surface area contributed by atoms with Crippen molar-refractivity contribution in [3.8, 4) is 5.75 Å². The summed E-state index contributed by atoms with van der Waals surface area (Å²) in [6.07, 6.45) is 0.163. The quantitative estimate of drug-likeness (QED) is 0.702. The molecule has 3 aromatic rings. The van der Waals surface area contributed by atoms with Crippen LogP contribution in [-0.2, 0) is 11.2 Å². The molecule has 0 saturated heterocycles. The highest BCUT2D eigenvalue weighted by molar-refractivity contribution is 7.14. The van der Waals surface area contributed by atoms with Crippen molar-refractivity contribution in [2.24, 2.45) is 0 Å². The number of hydrogen-bond acceptors (Lipinski definition) is 5. The van der Waals surface area contributed by atoms with Crippen LogP contribution in [0.1, 0.15) is 32.9 Å². The fraction of sp³-hybridized carbons (Fsp3) is 0.190. The number of aryl methyl sites for hydroxylation is 1. The van der Waals surface area contributed by atoms with Gasteiger partial charge >= 0.3 is 0 Å². The van der Waals surface area contributed by atoms with E-state index < -0.39 is 6.10 Å². The zero-order valence-corrected chi connectivity index (χ0v) is 16.3. The van der Waals surface area contributed by atoms with Gasteiger partial charge in [0.2, 0.25) is 0 Å². The van der Waals surface area contributed by atoms with Gasteiger partial charge in [-0.25, -0.2) is 4.98 Å². The fourth-order valence-corrected chi connectivity index (χ4v) is 3.98. The van der Waals surface area contributed by atoms with Crippen LogP contribution < -0.4 is 15.4 Å². The number of nitrogens with zero attached hydrogens (tertiary/aromatic N) is 1. The Kier molecular flexibility index (Phi) is 4.83. The van der Waals surface area contributed by atoms with Crippen LogP contribution in [0.2, 0.25) is 0 Å². The minimum Gasteiger partial charge on any atom is -0.479 e. The number of benzene rings is 2. The van der Waals surface area contributed by atoms with Gasteiger partial charge in [-0.1, -0.05) is 30.3 Å². The number of anilines is 2. The van der Waals surface area contributed by atoms with Gasteiger partial charge in [-0.3, -0.25) is 9.59 Å². The van der Waals surface area contributed by atoms with Crippen molar-refractivity contribution in [2.45, 2.75) is 26.4 Å². The van der Waals surface area contributed by atoms with Crippen LogP contribution in [0.15, 0.2) is 48.5 Å². The average Bonchev–Trinajstić information content (AvgIpc) is 3.04. The Morgan fingerprint density at radius 3 is 2.82 bits per heavy atom. The van der Waals surface area contributed by atoms with Gasteiger partial charge in [-0.2, -0.15) is 0 Å². The Hall–Kier alpha value is -3.19. The van der Waals surface area contributed by atoms with E-state index in [0.717, 1.165) is 10.6 Å². The molecule has 1 aliphatic heterocycles. The van der Waals surface area contributed by atoms with Crippen molar-refractivity contribution in [3.63, 3.8) is 0 Å². The van der Waals surface area contributed by atoms with Crippen LogP contribution >= 0.6 is 11.3 Å². The van der Waals surface area contributed by atoms with Crippen molar-refractivity contribution < 1.29 is 14.3 Å². The van der Waals surface area contributed by atoms with Gasteiger partial charge in [-0.05, 0) is 37.6 Å². The van der Waals surface area contributed by atoms with Gasteiger partial charge in [0.15, 0.2) is 6.10 Å². The van der Waals surface area contributed by atoms with Gasteiger partial charge in [0.1, 0.15) is 10.6 Å². The summed E-state index contributed by atoms with van der Waals surface area (Å²) in [6.45, 7) is 3.52. The third-order valence-corrected chi connectivity index (χ3v) is 5.57. The van der Waals surface area contributed by atoms with Crippen LogP contribution in [-0.4, -0.2) is 22.9 Å². The summed E-state index contributed by atoms with van der Waals surface area (Å²) in [4.78, 5) is 29.6. The Morgan fingerprint density at radius 1 is 1.25 bits per heavy atom. The second-order valence-electron chi connectivity index (χ2n) is 6.60. The molecule has 2 amide bonds. The van der Waals surface area contributed by atoms with E-state index in [0.29, 0.717) is 34.1 Å². The standard InChI is InChI=1S/C21H19N3O3S/c1-12-19(28-18(22-12)10-14-6-4-3-5-7-14)21(26)23-15-8-9-17-16(11-15)24-20(25)13(2)27-17/h3-9,11,13H,10H2,1-2H3,(H,23,26)(H,24,25)/t13-/m0/s1. The molecule has 7 heteroatoms. The van der Waals surface area contributed by atoms with Crippen molar-refractivity contribution in [1.29, 1.82) is 0 Å². The molecule has 1 aliphatic rings. The Bertz CT molecular complexity index is 1050. The summed E-state index contributed by atoms with van der Waals surface area (Å²) in [5.41, 5.74) is 2.99. The van der Waals surface area contributed by atoms with Crippen molar-refractivity contribution in [2.75, 3.05) is 10.6 Å². The molecule has 0 radical (unpaired) electrons. The number of fused-ring (bicyclic) bond motifs is 1. The molecule has 1 aromatic heterocycles. The number of carbonyl (C=O) groups excluding carboxylic acids is 2. The Balaban J connectivity index is 1.50. The number of amides is 2. The summed E-state index contributed by atoms with van der Waals surface area (Å²) in [7, 11) is 0. The van der Waals surface area contributed by atoms with Crippen LogP contribution in [0, 0.1) is 6.92 Å². The van der Waals surface area contributed by atoms with Crippen LogP contribution in [0.3, 0.4) is 0 Å². The normalized spacial score (nSPS) is 15.4. The van der Waals surface area contributed by atoms with E-state index in [1.165, 1.54) is 11.3 Å². The van der Waals surface area contributed by atoms with Crippen molar-refractivity contribution in [1.82, 2.24) is 4.98 Å². The number of ether oxygens (including phenoxy) is 1. The lowest BCUT2D eigenvalue weighted by atomic mass is 10.2. The summed E-state index contributed by atoms with van der Waals surface area (Å²) >= 11 is 1.39. The number of rotatable bonds is 4. The van der Waals surface area contributed by atoms with Crippen LogP contribution in [0.4, 0.5) is 11.4 Å². The first kappa shape index (κ1) is 18.2. The lowest BCUT2D eigenvalue weighted by Crippen LogP contribution is -2.34. The predicted octanol–water partition coefficient (Wildman–Crippen LogP) is 4.01. The number of aromatic nitrogens is 1. The molecule has 0 fully saturated rings. The van der Waals surface area contributed by atoms with E-state index in [9.17, 15) is 9.59 Å². The smallest absolute Gasteiger partial charge is 0.267 e. The van der Waals surface area contributed by atoms with Gasteiger partial charge in [0.05, 0.1) is 16.4 Å². The summed E-state index contributed by atoms with van der Waals surface area (Å²) < 4.78 is 5.54. The fourth-order valence-electron chi connectivity index (χ4n) is 2.98. The molecular weight excluding hydrogens is 374 g/mol. The summed E-state index contributed by atoms with van der Waals surface area (Å²) in [6, 6.07) is 15.2. The highest BCUT2D eigenvalue weighted by Crippen LogP contribution is 2.32. The summed E-state index contributed by atoms with van der Waals surface area (Å²) in [5.74, 6) is 0.162. The monoisotopic (exact) mass is 393 g/mol. The van der Waals surface area contributed by atoms with Crippen LogP contribution in [0.5, 0.6) is 5.75 Å². The number of hydrogen-bond donors (Lipinski definition) is 2. The van der Waals surface area contributed by atoms with Crippen LogP contribution in [0.25, 0.3) is 0 Å². The van der Waals surface area contributed by atoms with Gasteiger partial charge < -0.3 is 15.4 Å². The molecule has 28 heavy (non-hydrogen) atoms. The largest absolute Gasteiger partial charge is 0.479 e. The highest BCUT2D eigenvalue weighted by Gasteiger charge is 2.24. The topological polar surface area (TPSA) is 80.3 Å². The van der Waals surface area contributed by atoms with Gasteiger partial charge in [0.25, 0.3) is 11.8 Å². The SMILES string of the molecule is Cc1nc(Cc2ccccc2)sc1C(=O)Nc1ccc2c(c1)NC(=O)[C@H](C)O2. The van der Waals surface area contributed by atoms with Crippen molar-refractivity contribution in [3.05, 3.63) is 69.7 Å². The Morgan fingerprint density at radius 2 is 2.04 bits per heavy atom. The number of carbonyl (C=O) groups is 2. The molecular formula is C21H19N3O3S. The van der Waals surface area contributed by atoms with Crippen molar-refractivity contribution >= 4 is 34.5 Å². The predicted molar refractivity (Wildman–Crippen MR) is 109 cm³/mol. The van der Waals surface area contributed by atoms with E-state index >= 15 is 0 Å². The highest BCUT2D eigenvalue weighted by atomic mass is 32.1. The molecule has 0 aliphatic carbocycles. The first-order valence-electron chi connectivity index (χ1n) is 8.93. The van der Waals surface area contributed by atoms with E-state index in [2.05, 4.69) is 15.6 Å². The third-order valence-electron chi connectivity index (χ3n) is 4.41. The molecule has 0 unspecified atom stereocenters. The zero-order chi connectivity index (χ0) is 19.7. The molecule has 0 bridgehead atoms. The summed E-state index contributed by atoms with van der Waals surface area (Å²) in [5, 5.41) is 6.56.